The van der Waals surface area contributed by atoms with Crippen molar-refractivity contribution in [3.05, 3.63) is 29.3 Å². The number of rotatable bonds is 5. The molecule has 0 fully saturated rings. The molecular weight excluding hydrogens is 278 g/mol. The lowest BCUT2D eigenvalue weighted by Gasteiger charge is -2.19. The Morgan fingerprint density at radius 3 is 2.33 bits per heavy atom. The Bertz CT molecular complexity index is 526. The standard InChI is InChI=1S/C11H14ClNO4S/c1-8(11(14)15)7-13(2)18(16,17)10-5-3-9(12)4-6-10/h3-6,8H,7H2,1-2H3,(H,14,15). The van der Waals surface area contributed by atoms with Gasteiger partial charge >= 0.3 is 5.97 Å². The summed E-state index contributed by atoms with van der Waals surface area (Å²) < 4.78 is 25.2. The fourth-order valence-electron chi connectivity index (χ4n) is 1.35. The van der Waals surface area contributed by atoms with Crippen molar-refractivity contribution in [3.63, 3.8) is 0 Å². The largest absolute Gasteiger partial charge is 0.481 e. The molecule has 0 aliphatic rings. The van der Waals surface area contributed by atoms with E-state index in [-0.39, 0.29) is 11.4 Å². The fraction of sp³-hybridized carbons (Fsp3) is 0.364. The van der Waals surface area contributed by atoms with Gasteiger partial charge in [0.1, 0.15) is 0 Å². The smallest absolute Gasteiger partial charge is 0.307 e. The van der Waals surface area contributed by atoms with Crippen molar-refractivity contribution >= 4 is 27.6 Å². The summed E-state index contributed by atoms with van der Waals surface area (Å²) >= 11 is 5.68. The van der Waals surface area contributed by atoms with E-state index in [9.17, 15) is 13.2 Å². The molecule has 1 rings (SSSR count). The van der Waals surface area contributed by atoms with Crippen LogP contribution in [0.15, 0.2) is 29.2 Å². The number of carboxylic acids is 1. The normalized spacial score (nSPS) is 13.6. The molecule has 1 aromatic carbocycles. The third kappa shape index (κ3) is 3.44. The van der Waals surface area contributed by atoms with Crippen molar-refractivity contribution in [3.8, 4) is 0 Å². The summed E-state index contributed by atoms with van der Waals surface area (Å²) in [5.41, 5.74) is 0. The number of carboxylic acid groups (broad SMARTS) is 1. The molecule has 0 amide bonds. The number of sulfonamides is 1. The Kier molecular flexibility index (Phi) is 4.72. The van der Waals surface area contributed by atoms with Crippen molar-refractivity contribution in [2.75, 3.05) is 13.6 Å². The van der Waals surface area contributed by atoms with Gasteiger partial charge in [-0.15, -0.1) is 0 Å². The van der Waals surface area contributed by atoms with Gasteiger partial charge in [-0.1, -0.05) is 18.5 Å². The molecule has 0 saturated heterocycles. The molecule has 0 radical (unpaired) electrons. The van der Waals surface area contributed by atoms with Gasteiger partial charge in [0.15, 0.2) is 0 Å². The van der Waals surface area contributed by atoms with Crippen LogP contribution in [0.5, 0.6) is 0 Å². The zero-order chi connectivity index (χ0) is 13.9. The first-order chi connectivity index (χ1) is 8.25. The van der Waals surface area contributed by atoms with Gasteiger partial charge in [-0.2, -0.15) is 0 Å². The van der Waals surface area contributed by atoms with Crippen LogP contribution in [0.25, 0.3) is 0 Å². The lowest BCUT2D eigenvalue weighted by Crippen LogP contribution is -2.33. The molecule has 0 heterocycles. The topological polar surface area (TPSA) is 74.7 Å². The predicted octanol–water partition coefficient (Wildman–Crippen LogP) is 1.68. The van der Waals surface area contributed by atoms with Gasteiger partial charge in [-0.3, -0.25) is 4.79 Å². The summed E-state index contributed by atoms with van der Waals surface area (Å²) in [4.78, 5) is 10.8. The van der Waals surface area contributed by atoms with E-state index >= 15 is 0 Å². The summed E-state index contributed by atoms with van der Waals surface area (Å²) in [5, 5.41) is 9.20. The van der Waals surface area contributed by atoms with Crippen LogP contribution < -0.4 is 0 Å². The number of nitrogens with zero attached hydrogens (tertiary/aromatic N) is 1. The van der Waals surface area contributed by atoms with Crippen LogP contribution in [-0.2, 0) is 14.8 Å². The molecule has 0 bridgehead atoms. The van der Waals surface area contributed by atoms with Crippen molar-refractivity contribution in [2.45, 2.75) is 11.8 Å². The maximum Gasteiger partial charge on any atom is 0.307 e. The lowest BCUT2D eigenvalue weighted by molar-refractivity contribution is -0.141. The molecule has 7 heteroatoms. The minimum absolute atomic E-state index is 0.0830. The number of hydrogen-bond acceptors (Lipinski definition) is 3. The molecule has 1 N–H and O–H groups in total. The monoisotopic (exact) mass is 291 g/mol. The predicted molar refractivity (Wildman–Crippen MR) is 68.1 cm³/mol. The van der Waals surface area contributed by atoms with E-state index in [0.717, 1.165) is 4.31 Å². The molecule has 1 atom stereocenters. The maximum absolute atomic E-state index is 12.1. The number of hydrogen-bond donors (Lipinski definition) is 1. The Hall–Kier alpha value is -1.11. The van der Waals surface area contributed by atoms with Crippen molar-refractivity contribution < 1.29 is 18.3 Å². The minimum Gasteiger partial charge on any atom is -0.481 e. The van der Waals surface area contributed by atoms with Crippen LogP contribution in [0.2, 0.25) is 5.02 Å². The molecule has 100 valence electrons. The van der Waals surface area contributed by atoms with Crippen LogP contribution in [0.3, 0.4) is 0 Å². The molecule has 0 aliphatic heterocycles. The molecular formula is C11H14ClNO4S. The number of halogens is 1. The highest BCUT2D eigenvalue weighted by molar-refractivity contribution is 7.89. The van der Waals surface area contributed by atoms with E-state index in [4.69, 9.17) is 16.7 Å². The summed E-state index contributed by atoms with van der Waals surface area (Å²) in [6.07, 6.45) is 0. The highest BCUT2D eigenvalue weighted by Crippen LogP contribution is 2.18. The van der Waals surface area contributed by atoms with Crippen LogP contribution in [0.4, 0.5) is 0 Å². The molecule has 0 aromatic heterocycles. The Morgan fingerprint density at radius 1 is 1.39 bits per heavy atom. The second kappa shape index (κ2) is 5.69. The Balaban J connectivity index is 2.93. The van der Waals surface area contributed by atoms with Gasteiger partial charge in [0.25, 0.3) is 0 Å². The van der Waals surface area contributed by atoms with Crippen molar-refractivity contribution in [2.24, 2.45) is 5.92 Å². The molecule has 18 heavy (non-hydrogen) atoms. The van der Waals surface area contributed by atoms with Gasteiger partial charge in [0.2, 0.25) is 10.0 Å². The van der Waals surface area contributed by atoms with Crippen LogP contribution in [0, 0.1) is 5.92 Å². The van der Waals surface area contributed by atoms with Crippen LogP contribution in [-0.4, -0.2) is 37.4 Å². The molecule has 0 saturated carbocycles. The lowest BCUT2D eigenvalue weighted by atomic mass is 10.2. The van der Waals surface area contributed by atoms with Gasteiger partial charge in [-0.05, 0) is 24.3 Å². The van der Waals surface area contributed by atoms with E-state index in [0.29, 0.717) is 5.02 Å². The minimum atomic E-state index is -3.67. The summed E-state index contributed by atoms with van der Waals surface area (Å²) in [7, 11) is -2.32. The average molecular weight is 292 g/mol. The number of carbonyl (C=O) groups is 1. The Labute approximate surface area is 111 Å². The van der Waals surface area contributed by atoms with E-state index in [2.05, 4.69) is 0 Å². The van der Waals surface area contributed by atoms with E-state index in [1.807, 2.05) is 0 Å². The van der Waals surface area contributed by atoms with E-state index in [1.165, 1.54) is 38.2 Å². The number of benzene rings is 1. The summed E-state index contributed by atoms with van der Waals surface area (Å²) in [6, 6.07) is 5.73. The first kappa shape index (κ1) is 14.9. The molecule has 1 aromatic rings. The van der Waals surface area contributed by atoms with Gasteiger partial charge in [0.05, 0.1) is 10.8 Å². The highest BCUT2D eigenvalue weighted by Gasteiger charge is 2.24. The zero-order valence-corrected chi connectivity index (χ0v) is 11.6. The zero-order valence-electron chi connectivity index (χ0n) is 10.00. The second-order valence-corrected chi connectivity index (χ2v) is 6.46. The van der Waals surface area contributed by atoms with E-state index in [1.54, 1.807) is 0 Å². The van der Waals surface area contributed by atoms with E-state index < -0.39 is 21.9 Å². The summed E-state index contributed by atoms with van der Waals surface area (Å²) in [6.45, 7) is 1.37. The highest BCUT2D eigenvalue weighted by atomic mass is 35.5. The first-order valence-corrected chi connectivity index (χ1v) is 7.01. The molecule has 0 spiro atoms. The third-order valence-corrected chi connectivity index (χ3v) is 4.56. The van der Waals surface area contributed by atoms with Gasteiger partial charge in [-0.25, -0.2) is 12.7 Å². The second-order valence-electron chi connectivity index (χ2n) is 3.98. The van der Waals surface area contributed by atoms with Gasteiger partial charge in [0, 0.05) is 18.6 Å². The number of aliphatic carboxylic acids is 1. The fourth-order valence-corrected chi connectivity index (χ4v) is 2.73. The van der Waals surface area contributed by atoms with Crippen LogP contribution in [0.1, 0.15) is 6.92 Å². The average Bonchev–Trinajstić information content (AvgIpc) is 2.29. The quantitative estimate of drug-likeness (QED) is 0.895. The molecule has 0 aliphatic carbocycles. The Morgan fingerprint density at radius 2 is 1.89 bits per heavy atom. The van der Waals surface area contributed by atoms with Crippen molar-refractivity contribution in [1.29, 1.82) is 0 Å². The van der Waals surface area contributed by atoms with Crippen LogP contribution >= 0.6 is 11.6 Å². The van der Waals surface area contributed by atoms with Crippen molar-refractivity contribution in [1.82, 2.24) is 4.31 Å². The summed E-state index contributed by atoms with van der Waals surface area (Å²) in [5.74, 6) is -1.80. The molecule has 1 unspecified atom stereocenters. The molecule has 5 nitrogen and oxygen atoms in total. The maximum atomic E-state index is 12.1. The SMILES string of the molecule is CC(CN(C)S(=O)(=O)c1ccc(Cl)cc1)C(=O)O. The first-order valence-electron chi connectivity index (χ1n) is 5.20. The van der Waals surface area contributed by atoms with Gasteiger partial charge < -0.3 is 5.11 Å². The third-order valence-electron chi connectivity index (χ3n) is 2.47.